The zero-order valence-electron chi connectivity index (χ0n) is 6.08. The Balaban J connectivity index is 0. The number of carboxylic acids is 1. The number of carbonyl (C=O) groups excluding carboxylic acids is 1. The van der Waals surface area contributed by atoms with E-state index in [0.717, 1.165) is 6.92 Å². The molecule has 1 aromatic carbocycles. The second kappa shape index (κ2) is 9.43. The van der Waals surface area contributed by atoms with E-state index >= 15 is 0 Å². The Morgan fingerprint density at radius 3 is 1.18 bits per heavy atom. The molecule has 0 aliphatic carbocycles. The zero-order valence-corrected chi connectivity index (χ0v) is 7.56. The summed E-state index contributed by atoms with van der Waals surface area (Å²) in [7, 11) is 0. The molecule has 0 spiro atoms. The molecule has 0 atom stereocenters. The fourth-order valence-electron chi connectivity index (χ4n) is 0.385. The summed E-state index contributed by atoms with van der Waals surface area (Å²) < 4.78 is 0. The molecule has 0 saturated carbocycles. The van der Waals surface area contributed by atoms with Gasteiger partial charge in [0.25, 0.3) is 0 Å². The molecule has 0 amide bonds. The van der Waals surface area contributed by atoms with Gasteiger partial charge in [-0.1, -0.05) is 36.4 Å². The summed E-state index contributed by atoms with van der Waals surface area (Å²) in [5, 5.41) is 8.89. The molecule has 0 unspecified atom stereocenters. The van der Waals surface area contributed by atoms with E-state index in [-0.39, 0.29) is 22.4 Å². The van der Waals surface area contributed by atoms with Crippen LogP contribution in [0.2, 0.25) is 0 Å². The van der Waals surface area contributed by atoms with Gasteiger partial charge in [-0.15, -0.1) is 0 Å². The molecule has 0 saturated heterocycles. The van der Waals surface area contributed by atoms with Gasteiger partial charge in [0, 0.05) is 5.97 Å². The Kier molecular flexibility index (Phi) is 11.2. The molecule has 0 N–H and O–H groups in total. The van der Waals surface area contributed by atoms with E-state index < -0.39 is 5.97 Å². The van der Waals surface area contributed by atoms with Gasteiger partial charge in [-0.05, 0) is 6.92 Å². The van der Waals surface area contributed by atoms with Crippen molar-refractivity contribution >= 4 is 5.97 Å². The van der Waals surface area contributed by atoms with Gasteiger partial charge < -0.3 is 9.90 Å². The van der Waals surface area contributed by atoms with Gasteiger partial charge in [0.15, 0.2) is 0 Å². The average Bonchev–Trinajstić information content (AvgIpc) is 1.90. The predicted octanol–water partition coefficient (Wildman–Crippen LogP) is 0.440. The van der Waals surface area contributed by atoms with Gasteiger partial charge in [-0.3, -0.25) is 0 Å². The summed E-state index contributed by atoms with van der Waals surface area (Å²) >= 11 is 0. The summed E-state index contributed by atoms with van der Waals surface area (Å²) in [6.45, 7) is 0.972. The first kappa shape index (κ1) is 13.1. The van der Waals surface area contributed by atoms with E-state index in [1.54, 1.807) is 0 Å². The molecule has 0 fully saturated rings. The van der Waals surface area contributed by atoms with Crippen molar-refractivity contribution in [1.82, 2.24) is 0 Å². The fourth-order valence-corrected chi connectivity index (χ4v) is 0.385. The minimum absolute atomic E-state index is 0. The Labute approximate surface area is 81.8 Å². The number of rotatable bonds is 0. The predicted molar refractivity (Wildman–Crippen MR) is 37.1 cm³/mol. The van der Waals surface area contributed by atoms with Crippen LogP contribution in [-0.2, 0) is 27.2 Å². The van der Waals surface area contributed by atoms with E-state index in [1.807, 2.05) is 36.4 Å². The van der Waals surface area contributed by atoms with Crippen molar-refractivity contribution in [1.29, 1.82) is 0 Å². The molecule has 0 aliphatic rings. The average molecular weight is 245 g/mol. The molecular weight excluding hydrogens is 236 g/mol. The van der Waals surface area contributed by atoms with E-state index in [2.05, 4.69) is 0 Å². The number of carboxylic acid groups (broad SMARTS) is 1. The Hall–Kier alpha value is -0.570. The third kappa shape index (κ3) is 17.7. The first-order valence-corrected chi connectivity index (χ1v) is 2.91. The van der Waals surface area contributed by atoms with Crippen LogP contribution >= 0.6 is 0 Å². The van der Waals surface area contributed by atoms with Crippen molar-refractivity contribution in [2.24, 2.45) is 0 Å². The number of benzene rings is 1. The van der Waals surface area contributed by atoms with Crippen LogP contribution in [0.25, 0.3) is 0 Å². The van der Waals surface area contributed by atoms with E-state index in [9.17, 15) is 0 Å². The SMILES string of the molecule is CC(=O)[O-].[Ag+].c1ccccc1. The van der Waals surface area contributed by atoms with Crippen LogP contribution in [0.15, 0.2) is 36.4 Å². The van der Waals surface area contributed by atoms with Crippen LogP contribution in [0.4, 0.5) is 0 Å². The van der Waals surface area contributed by atoms with Crippen LogP contribution in [-0.4, -0.2) is 5.97 Å². The number of carbonyl (C=O) groups is 1. The standard InChI is InChI=1S/C6H6.C2H4O2.Ag/c1-2-4-6-5-3-1;1-2(3)4;/h1-6H;1H3,(H,3,4);/q;;+1/p-1. The monoisotopic (exact) mass is 244 g/mol. The van der Waals surface area contributed by atoms with Gasteiger partial charge in [0.05, 0.1) is 0 Å². The van der Waals surface area contributed by atoms with Crippen molar-refractivity contribution in [3.8, 4) is 0 Å². The zero-order chi connectivity index (χ0) is 7.82. The van der Waals surface area contributed by atoms with Gasteiger partial charge >= 0.3 is 22.4 Å². The van der Waals surface area contributed by atoms with Crippen molar-refractivity contribution in [3.05, 3.63) is 36.4 Å². The smallest absolute Gasteiger partial charge is 0.550 e. The molecule has 1 rings (SSSR count). The topological polar surface area (TPSA) is 40.1 Å². The molecule has 0 aliphatic heterocycles. The summed E-state index contributed by atoms with van der Waals surface area (Å²) in [6, 6.07) is 12.0. The normalized spacial score (nSPS) is 6.64. The van der Waals surface area contributed by atoms with Crippen LogP contribution in [0.1, 0.15) is 6.92 Å². The number of aliphatic carboxylic acids is 1. The number of hydrogen-bond acceptors (Lipinski definition) is 2. The van der Waals surface area contributed by atoms with Crippen molar-refractivity contribution in [3.63, 3.8) is 0 Å². The van der Waals surface area contributed by atoms with E-state index in [0.29, 0.717) is 0 Å². The molecule has 2 nitrogen and oxygen atoms in total. The first-order chi connectivity index (χ1) is 4.73. The van der Waals surface area contributed by atoms with Crippen molar-refractivity contribution < 1.29 is 32.3 Å². The maximum absolute atomic E-state index is 8.89. The summed E-state index contributed by atoms with van der Waals surface area (Å²) in [6.07, 6.45) is 0. The third-order valence-electron chi connectivity index (χ3n) is 0.667. The molecule has 0 radical (unpaired) electrons. The summed E-state index contributed by atoms with van der Waals surface area (Å²) in [5.74, 6) is -1.08. The van der Waals surface area contributed by atoms with Crippen LogP contribution in [0.5, 0.6) is 0 Å². The maximum atomic E-state index is 8.89. The van der Waals surface area contributed by atoms with E-state index in [1.165, 1.54) is 0 Å². The van der Waals surface area contributed by atoms with Crippen LogP contribution in [0.3, 0.4) is 0 Å². The quantitative estimate of drug-likeness (QED) is 0.622. The molecular formula is C8H9AgO2. The molecule has 3 heteroatoms. The molecule has 11 heavy (non-hydrogen) atoms. The Bertz CT molecular complexity index is 144. The Morgan fingerprint density at radius 1 is 1.00 bits per heavy atom. The van der Waals surface area contributed by atoms with Gasteiger partial charge in [-0.2, -0.15) is 0 Å². The minimum Gasteiger partial charge on any atom is -0.550 e. The second-order valence-electron chi connectivity index (χ2n) is 1.65. The molecule has 0 aromatic heterocycles. The maximum Gasteiger partial charge on any atom is 1.00 e. The largest absolute Gasteiger partial charge is 1.00 e. The van der Waals surface area contributed by atoms with Gasteiger partial charge in [0.2, 0.25) is 0 Å². The van der Waals surface area contributed by atoms with Gasteiger partial charge in [0.1, 0.15) is 0 Å². The summed E-state index contributed by atoms with van der Waals surface area (Å²) in [4.78, 5) is 8.89. The molecule has 64 valence electrons. The summed E-state index contributed by atoms with van der Waals surface area (Å²) in [5.41, 5.74) is 0. The van der Waals surface area contributed by atoms with Crippen LogP contribution in [0, 0.1) is 0 Å². The molecule has 0 bridgehead atoms. The second-order valence-corrected chi connectivity index (χ2v) is 1.65. The Morgan fingerprint density at radius 2 is 1.09 bits per heavy atom. The molecule has 0 heterocycles. The minimum atomic E-state index is -1.08. The first-order valence-electron chi connectivity index (χ1n) is 2.91. The molecule has 1 aromatic rings. The van der Waals surface area contributed by atoms with Crippen molar-refractivity contribution in [2.45, 2.75) is 6.92 Å². The van der Waals surface area contributed by atoms with Crippen LogP contribution < -0.4 is 5.11 Å². The van der Waals surface area contributed by atoms with Crippen molar-refractivity contribution in [2.75, 3.05) is 0 Å². The number of hydrogen-bond donors (Lipinski definition) is 0. The van der Waals surface area contributed by atoms with E-state index in [4.69, 9.17) is 9.90 Å². The third-order valence-corrected chi connectivity index (χ3v) is 0.667. The fraction of sp³-hybridized carbons (Fsp3) is 0.125. The van der Waals surface area contributed by atoms with Gasteiger partial charge in [-0.25, -0.2) is 0 Å².